The van der Waals surface area contributed by atoms with Crippen molar-refractivity contribution in [1.29, 1.82) is 0 Å². The highest BCUT2D eigenvalue weighted by molar-refractivity contribution is 5.86. The van der Waals surface area contributed by atoms with Crippen molar-refractivity contribution in [2.75, 3.05) is 0 Å². The van der Waals surface area contributed by atoms with E-state index >= 15 is 8.78 Å². The van der Waals surface area contributed by atoms with Gasteiger partial charge in [0.15, 0.2) is 23.2 Å². The fourth-order valence-corrected chi connectivity index (χ4v) is 6.56. The van der Waals surface area contributed by atoms with Gasteiger partial charge in [0.2, 0.25) is 5.82 Å². The number of nitrogens with zero attached hydrogens (tertiary/aromatic N) is 5. The van der Waals surface area contributed by atoms with Crippen LogP contribution in [0.25, 0.3) is 22.4 Å². The summed E-state index contributed by atoms with van der Waals surface area (Å²) in [4.78, 5) is 23.6. The number of nitrogens with two attached hydrogens (primary N) is 2. The van der Waals surface area contributed by atoms with Crippen LogP contribution in [0.15, 0.2) is 66.8 Å². The lowest BCUT2D eigenvalue weighted by Gasteiger charge is -2.30. The monoisotopic (exact) mass is 684 g/mol. The Labute approximate surface area is 288 Å². The summed E-state index contributed by atoms with van der Waals surface area (Å²) in [5.74, 6) is 4.31. The van der Waals surface area contributed by atoms with Crippen LogP contribution >= 0.6 is 0 Å². The van der Waals surface area contributed by atoms with Gasteiger partial charge in [-0.25, -0.2) is 19.9 Å². The number of carboxylic acid groups (broad SMARTS) is 1. The molecule has 0 spiro atoms. The molecule has 50 heavy (non-hydrogen) atoms. The van der Waals surface area contributed by atoms with Gasteiger partial charge in [0.25, 0.3) is 0 Å². The summed E-state index contributed by atoms with van der Waals surface area (Å²) in [6.07, 6.45) is 8.19. The first-order valence-corrected chi connectivity index (χ1v) is 16.6. The first-order chi connectivity index (χ1) is 23.8. The van der Waals surface area contributed by atoms with E-state index in [1.807, 2.05) is 38.1 Å². The fourth-order valence-electron chi connectivity index (χ4n) is 6.56. The van der Waals surface area contributed by atoms with E-state index in [4.69, 9.17) is 26.4 Å². The molecule has 3 aromatic heterocycles. The Morgan fingerprint density at radius 2 is 1.88 bits per heavy atom. The molecule has 4 bridgehead atoms. The molecule has 11 nitrogen and oxygen atoms in total. The number of hydrogen-bond acceptors (Lipinski definition) is 8. The molecule has 262 valence electrons. The highest BCUT2D eigenvalue weighted by Crippen LogP contribution is 2.40. The predicted molar refractivity (Wildman–Crippen MR) is 186 cm³/mol. The summed E-state index contributed by atoms with van der Waals surface area (Å²) >= 11 is 0. The quantitative estimate of drug-likeness (QED) is 0.149. The van der Waals surface area contributed by atoms with Crippen LogP contribution in [-0.4, -0.2) is 40.8 Å². The third kappa shape index (κ3) is 6.77. The van der Waals surface area contributed by atoms with Crippen LogP contribution in [0.4, 0.5) is 8.78 Å². The number of aromatic amines is 1. The largest absolute Gasteiger partial charge is 0.481 e. The summed E-state index contributed by atoms with van der Waals surface area (Å²) in [6, 6.07) is 12.7. The first kappa shape index (κ1) is 34.6. The van der Waals surface area contributed by atoms with Gasteiger partial charge in [-0.3, -0.25) is 9.78 Å². The number of rotatable bonds is 4. The highest BCUT2D eigenvalue weighted by atomic mass is 19.2. The SMILES string of the molecule is Cn1nc2nc1-c1cc(ccn1)Oc1c(F)c(F)c3[nH]ccc3c1CN(N)/C=C(\N)C(C)(C)CCCC[C@]2(C)c1cccc(CCC(=O)O)c1. The summed E-state index contributed by atoms with van der Waals surface area (Å²) < 4.78 is 38.8. The topological polar surface area (TPSA) is 161 Å². The number of benzene rings is 2. The molecule has 0 aliphatic carbocycles. The Morgan fingerprint density at radius 3 is 2.66 bits per heavy atom. The maximum Gasteiger partial charge on any atom is 0.303 e. The summed E-state index contributed by atoms with van der Waals surface area (Å²) in [6.45, 7) is 6.16. The van der Waals surface area contributed by atoms with E-state index in [1.54, 1.807) is 36.1 Å². The number of hydrogen-bond donors (Lipinski definition) is 4. The Hall–Kier alpha value is -5.30. The molecular formula is C37H42F2N8O3. The fraction of sp³-hybridized carbons (Fsp3) is 0.351. The molecule has 4 heterocycles. The number of carboxylic acids is 1. The van der Waals surface area contributed by atoms with Crippen molar-refractivity contribution >= 4 is 16.9 Å². The minimum absolute atomic E-state index is 0.00595. The van der Waals surface area contributed by atoms with Crippen LogP contribution < -0.4 is 16.3 Å². The Bertz CT molecular complexity index is 2090. The number of pyridine rings is 1. The van der Waals surface area contributed by atoms with Crippen molar-refractivity contribution in [3.8, 4) is 23.0 Å². The lowest BCUT2D eigenvalue weighted by atomic mass is 9.75. The average molecular weight is 685 g/mol. The zero-order valence-electron chi connectivity index (χ0n) is 28.6. The number of hydrazine groups is 1. The summed E-state index contributed by atoms with van der Waals surface area (Å²) in [5, 5.41) is 16.0. The molecule has 0 unspecified atom stereocenters. The Balaban J connectivity index is 1.48. The second kappa shape index (κ2) is 13.5. The van der Waals surface area contributed by atoms with E-state index in [0.717, 1.165) is 30.4 Å². The van der Waals surface area contributed by atoms with Crippen molar-refractivity contribution in [2.45, 2.75) is 71.3 Å². The van der Waals surface area contributed by atoms with Gasteiger partial charge in [-0.2, -0.15) is 9.49 Å². The molecule has 0 saturated heterocycles. The predicted octanol–water partition coefficient (Wildman–Crippen LogP) is 6.83. The number of aliphatic carboxylic acids is 1. The van der Waals surface area contributed by atoms with Crippen LogP contribution in [0.1, 0.15) is 75.4 Å². The lowest BCUT2D eigenvalue weighted by Crippen LogP contribution is -2.30. The van der Waals surface area contributed by atoms with Gasteiger partial charge in [-0.05, 0) is 49.4 Å². The maximum absolute atomic E-state index is 15.8. The lowest BCUT2D eigenvalue weighted by molar-refractivity contribution is -0.136. The Kier molecular flexibility index (Phi) is 9.36. The molecule has 13 heteroatoms. The number of H-pyrrole nitrogens is 1. The minimum atomic E-state index is -1.16. The van der Waals surface area contributed by atoms with E-state index < -0.39 is 28.4 Å². The smallest absolute Gasteiger partial charge is 0.303 e. The van der Waals surface area contributed by atoms with Gasteiger partial charge in [-0.15, -0.1) is 0 Å². The van der Waals surface area contributed by atoms with Crippen molar-refractivity contribution < 1.29 is 23.4 Å². The molecule has 2 aromatic carbocycles. The van der Waals surface area contributed by atoms with Crippen molar-refractivity contribution in [3.63, 3.8) is 0 Å². The van der Waals surface area contributed by atoms with E-state index in [2.05, 4.69) is 16.9 Å². The molecule has 1 aliphatic rings. The van der Waals surface area contributed by atoms with Gasteiger partial charge in [-0.1, -0.05) is 51.0 Å². The molecule has 0 fully saturated rings. The zero-order valence-corrected chi connectivity index (χ0v) is 28.6. The molecule has 0 amide bonds. The molecular weight excluding hydrogens is 642 g/mol. The number of fused-ring (bicyclic) bond motifs is 8. The van der Waals surface area contributed by atoms with Gasteiger partial charge >= 0.3 is 5.97 Å². The van der Waals surface area contributed by atoms with Gasteiger partial charge < -0.3 is 25.6 Å². The Morgan fingerprint density at radius 1 is 1.10 bits per heavy atom. The van der Waals surface area contributed by atoms with E-state index in [0.29, 0.717) is 46.8 Å². The average Bonchev–Trinajstić information content (AvgIpc) is 3.73. The van der Waals surface area contributed by atoms with Crippen molar-refractivity contribution in [2.24, 2.45) is 24.0 Å². The number of ether oxygens (including phenoxy) is 1. The van der Waals surface area contributed by atoms with Crippen LogP contribution in [-0.2, 0) is 30.2 Å². The number of carbonyl (C=O) groups is 1. The molecule has 0 saturated carbocycles. The molecule has 6 rings (SSSR count). The van der Waals surface area contributed by atoms with E-state index in [9.17, 15) is 9.90 Å². The molecule has 5 aromatic rings. The normalized spacial score (nSPS) is 19.4. The van der Waals surface area contributed by atoms with E-state index in [1.165, 1.54) is 17.4 Å². The third-order valence-corrected chi connectivity index (χ3v) is 9.74. The van der Waals surface area contributed by atoms with Crippen molar-refractivity contribution in [3.05, 3.63) is 101 Å². The van der Waals surface area contributed by atoms with Gasteiger partial charge in [0.05, 0.1) is 17.5 Å². The van der Waals surface area contributed by atoms with Crippen LogP contribution in [0, 0.1) is 17.0 Å². The number of halogens is 2. The standard InChI is InChI=1S/C37H42F2N8O3/c1-36(2)14-5-6-15-37(3,23-9-7-8-22(18-23)10-11-29(48)49)35-44-34(46(4)45-35)27-19-24(12-16-42-27)50-33-26(20-47(41)21-28(36)40)25-13-17-43-32(25)30(38)31(33)39/h7-9,12-13,16-19,21,43H,5-6,10-11,14-15,20,40-41H2,1-4H3,(H,48,49)/b28-21-/t37-/m1/s1. The van der Waals surface area contributed by atoms with Gasteiger partial charge in [0.1, 0.15) is 11.4 Å². The molecule has 6 N–H and O–H groups in total. The second-order valence-electron chi connectivity index (χ2n) is 13.8. The number of nitrogens with one attached hydrogen (secondary N) is 1. The number of aromatic nitrogens is 5. The summed E-state index contributed by atoms with van der Waals surface area (Å²) in [5.41, 5.74) is 8.73. The third-order valence-electron chi connectivity index (χ3n) is 9.74. The van der Waals surface area contributed by atoms with Crippen LogP contribution in [0.5, 0.6) is 11.5 Å². The summed E-state index contributed by atoms with van der Waals surface area (Å²) in [7, 11) is 1.77. The van der Waals surface area contributed by atoms with Gasteiger partial charge in [0, 0.05) is 60.2 Å². The second-order valence-corrected chi connectivity index (χ2v) is 13.8. The van der Waals surface area contributed by atoms with Crippen LogP contribution in [0.2, 0.25) is 0 Å². The van der Waals surface area contributed by atoms with Crippen molar-refractivity contribution in [1.82, 2.24) is 29.7 Å². The maximum atomic E-state index is 15.8. The number of aryl methyl sites for hydroxylation is 2. The number of allylic oxidation sites excluding steroid dienone is 1. The van der Waals surface area contributed by atoms with Crippen LogP contribution in [0.3, 0.4) is 0 Å². The first-order valence-electron chi connectivity index (χ1n) is 16.6. The molecule has 0 radical (unpaired) electrons. The minimum Gasteiger partial charge on any atom is -0.481 e. The zero-order chi connectivity index (χ0) is 35.8. The molecule has 1 atom stereocenters. The van der Waals surface area contributed by atoms with E-state index in [-0.39, 0.29) is 30.0 Å². The molecule has 1 aliphatic heterocycles. The highest BCUT2D eigenvalue weighted by Gasteiger charge is 2.35.